The summed E-state index contributed by atoms with van der Waals surface area (Å²) in [6, 6.07) is 14.4. The normalized spacial score (nSPS) is 17.6. The fraction of sp³-hybridized carbons (Fsp3) is 0.333. The number of hydrogen-bond donors (Lipinski definition) is 1. The largest absolute Gasteiger partial charge is 0.388 e. The average molecular weight is 451 g/mol. The quantitative estimate of drug-likeness (QED) is 0.617. The number of aliphatic hydroxyl groups excluding tert-OH is 1. The summed E-state index contributed by atoms with van der Waals surface area (Å²) in [5.74, 6) is 0. The van der Waals surface area contributed by atoms with E-state index in [-0.39, 0.29) is 4.90 Å². The van der Waals surface area contributed by atoms with Crippen LogP contribution in [0.1, 0.15) is 18.1 Å². The first kappa shape index (κ1) is 20.8. The van der Waals surface area contributed by atoms with Crippen LogP contribution in [0.2, 0.25) is 5.02 Å². The Kier molecular flexibility index (Phi) is 6.24. The van der Waals surface area contributed by atoms with Crippen LogP contribution in [0.5, 0.6) is 0 Å². The first-order chi connectivity index (χ1) is 13.9. The predicted molar refractivity (Wildman–Crippen MR) is 118 cm³/mol. The van der Waals surface area contributed by atoms with Gasteiger partial charge in [-0.15, -0.1) is 11.3 Å². The molecule has 1 aromatic heterocycles. The van der Waals surface area contributed by atoms with Crippen LogP contribution in [0.15, 0.2) is 58.8 Å². The van der Waals surface area contributed by atoms with Gasteiger partial charge in [-0.05, 0) is 53.1 Å². The summed E-state index contributed by atoms with van der Waals surface area (Å²) in [6.45, 7) is 2.94. The number of aliphatic hydroxyl groups is 1. The van der Waals surface area contributed by atoms with E-state index in [2.05, 4.69) is 11.0 Å². The molecule has 0 bridgehead atoms. The van der Waals surface area contributed by atoms with E-state index in [0.29, 0.717) is 37.6 Å². The van der Waals surface area contributed by atoms with E-state index < -0.39 is 16.1 Å². The number of sulfonamides is 1. The zero-order chi connectivity index (χ0) is 20.4. The standard InChI is InChI=1S/C21H23ClN2O3S2/c22-16-5-7-17(8-6-16)29(26,27)24-13-11-23(12-14-24)10-9-20(25)19-15-28-21-4-2-1-3-18(19)21/h1-8,15,20,25H,9-14H2. The summed E-state index contributed by atoms with van der Waals surface area (Å²) >= 11 is 7.51. The number of thiophene rings is 1. The molecule has 154 valence electrons. The molecule has 1 saturated heterocycles. The third-order valence-corrected chi connectivity index (χ3v) is 8.52. The maximum Gasteiger partial charge on any atom is 0.243 e. The molecule has 2 heterocycles. The van der Waals surface area contributed by atoms with Gasteiger partial charge >= 0.3 is 0 Å². The van der Waals surface area contributed by atoms with Crippen molar-refractivity contribution in [2.24, 2.45) is 0 Å². The molecule has 1 unspecified atom stereocenters. The molecule has 0 amide bonds. The number of nitrogens with zero attached hydrogens (tertiary/aromatic N) is 2. The zero-order valence-electron chi connectivity index (χ0n) is 15.9. The molecule has 0 aliphatic carbocycles. The Morgan fingerprint density at radius 1 is 1.03 bits per heavy atom. The van der Waals surface area contributed by atoms with Crippen LogP contribution < -0.4 is 0 Å². The van der Waals surface area contributed by atoms with Crippen LogP contribution in [0.4, 0.5) is 0 Å². The van der Waals surface area contributed by atoms with Crippen LogP contribution in [-0.2, 0) is 10.0 Å². The number of hydrogen-bond acceptors (Lipinski definition) is 5. The fourth-order valence-corrected chi connectivity index (χ4v) is 6.22. The van der Waals surface area contributed by atoms with Crippen LogP contribution in [0, 0.1) is 0 Å². The van der Waals surface area contributed by atoms with Gasteiger partial charge in [0.05, 0.1) is 11.0 Å². The Balaban J connectivity index is 1.32. The zero-order valence-corrected chi connectivity index (χ0v) is 18.3. The van der Waals surface area contributed by atoms with Gasteiger partial charge in [0.15, 0.2) is 0 Å². The second kappa shape index (κ2) is 8.71. The smallest absolute Gasteiger partial charge is 0.243 e. The van der Waals surface area contributed by atoms with Crippen LogP contribution >= 0.6 is 22.9 Å². The highest BCUT2D eigenvalue weighted by Gasteiger charge is 2.28. The predicted octanol–water partition coefficient (Wildman–Crippen LogP) is 3.98. The Bertz CT molecular complexity index is 1070. The van der Waals surface area contributed by atoms with Crippen LogP contribution in [0.3, 0.4) is 0 Å². The summed E-state index contributed by atoms with van der Waals surface area (Å²) in [7, 11) is -3.49. The highest BCUT2D eigenvalue weighted by molar-refractivity contribution is 7.89. The molecule has 1 aliphatic rings. The van der Waals surface area contributed by atoms with Crippen LogP contribution in [0.25, 0.3) is 10.1 Å². The third kappa shape index (κ3) is 4.50. The van der Waals surface area contributed by atoms with E-state index in [1.54, 1.807) is 35.6 Å². The summed E-state index contributed by atoms with van der Waals surface area (Å²) in [5, 5.41) is 14.3. The molecule has 0 saturated carbocycles. The van der Waals surface area contributed by atoms with Gasteiger partial charge in [0.25, 0.3) is 0 Å². The SMILES string of the molecule is O=S(=O)(c1ccc(Cl)cc1)N1CCN(CCC(O)c2csc3ccccc23)CC1. The third-order valence-electron chi connectivity index (χ3n) is 5.37. The highest BCUT2D eigenvalue weighted by atomic mass is 35.5. The van der Waals surface area contributed by atoms with E-state index in [1.807, 2.05) is 23.6 Å². The molecule has 1 N–H and O–H groups in total. The molecular weight excluding hydrogens is 428 g/mol. The van der Waals surface area contributed by atoms with Gasteiger partial charge in [0, 0.05) is 42.4 Å². The Labute approximate surface area is 180 Å². The topological polar surface area (TPSA) is 60.9 Å². The van der Waals surface area contributed by atoms with E-state index in [9.17, 15) is 13.5 Å². The first-order valence-electron chi connectivity index (χ1n) is 9.57. The first-order valence-corrected chi connectivity index (χ1v) is 12.3. The molecule has 2 aromatic carbocycles. The summed E-state index contributed by atoms with van der Waals surface area (Å²) in [4.78, 5) is 2.49. The second-order valence-corrected chi connectivity index (χ2v) is 10.5. The van der Waals surface area contributed by atoms with Crippen LogP contribution in [-0.4, -0.2) is 55.5 Å². The summed E-state index contributed by atoms with van der Waals surface area (Å²) in [5.41, 5.74) is 0.981. The Hall–Kier alpha value is -1.48. The number of halogens is 1. The summed E-state index contributed by atoms with van der Waals surface area (Å²) in [6.07, 6.45) is 0.118. The minimum absolute atomic E-state index is 0.273. The molecule has 1 aliphatic heterocycles. The lowest BCUT2D eigenvalue weighted by Crippen LogP contribution is -2.48. The summed E-state index contributed by atoms with van der Waals surface area (Å²) < 4.78 is 28.3. The van der Waals surface area contributed by atoms with Crippen molar-refractivity contribution in [2.45, 2.75) is 17.4 Å². The van der Waals surface area contributed by atoms with E-state index in [0.717, 1.165) is 17.5 Å². The lowest BCUT2D eigenvalue weighted by atomic mass is 10.1. The number of benzene rings is 2. The molecule has 0 radical (unpaired) electrons. The van der Waals surface area contributed by atoms with Crippen molar-refractivity contribution in [1.29, 1.82) is 0 Å². The molecule has 29 heavy (non-hydrogen) atoms. The maximum absolute atomic E-state index is 12.8. The molecule has 5 nitrogen and oxygen atoms in total. The molecule has 8 heteroatoms. The lowest BCUT2D eigenvalue weighted by Gasteiger charge is -2.34. The second-order valence-electron chi connectivity index (χ2n) is 7.19. The highest BCUT2D eigenvalue weighted by Crippen LogP contribution is 2.31. The van der Waals surface area contributed by atoms with Crippen molar-refractivity contribution in [2.75, 3.05) is 32.7 Å². The number of rotatable bonds is 6. The van der Waals surface area contributed by atoms with Crippen molar-refractivity contribution in [1.82, 2.24) is 9.21 Å². The molecule has 4 rings (SSSR count). The van der Waals surface area contributed by atoms with Gasteiger partial charge in [-0.25, -0.2) is 8.42 Å². The van der Waals surface area contributed by atoms with Gasteiger partial charge in [0.1, 0.15) is 0 Å². The van der Waals surface area contributed by atoms with Gasteiger partial charge in [0.2, 0.25) is 10.0 Å². The molecule has 1 fully saturated rings. The van der Waals surface area contributed by atoms with E-state index in [4.69, 9.17) is 11.6 Å². The van der Waals surface area contributed by atoms with Crippen molar-refractivity contribution < 1.29 is 13.5 Å². The van der Waals surface area contributed by atoms with E-state index in [1.165, 1.54) is 9.01 Å². The molecule has 3 aromatic rings. The minimum Gasteiger partial charge on any atom is -0.388 e. The number of fused-ring (bicyclic) bond motifs is 1. The van der Waals surface area contributed by atoms with Gasteiger partial charge in [-0.3, -0.25) is 0 Å². The van der Waals surface area contributed by atoms with Gasteiger partial charge < -0.3 is 10.0 Å². The Morgan fingerprint density at radius 2 is 1.72 bits per heavy atom. The number of piperazine rings is 1. The molecule has 0 spiro atoms. The minimum atomic E-state index is -3.49. The fourth-order valence-electron chi connectivity index (χ4n) is 3.67. The maximum atomic E-state index is 12.8. The van der Waals surface area contributed by atoms with E-state index >= 15 is 0 Å². The Morgan fingerprint density at radius 3 is 2.45 bits per heavy atom. The van der Waals surface area contributed by atoms with Crippen molar-refractivity contribution in [3.8, 4) is 0 Å². The van der Waals surface area contributed by atoms with Crippen molar-refractivity contribution >= 4 is 43.0 Å². The average Bonchev–Trinajstić information content (AvgIpc) is 3.17. The van der Waals surface area contributed by atoms with Gasteiger partial charge in [-0.2, -0.15) is 4.31 Å². The lowest BCUT2D eigenvalue weighted by molar-refractivity contribution is 0.126. The monoisotopic (exact) mass is 450 g/mol. The van der Waals surface area contributed by atoms with Crippen molar-refractivity contribution in [3.63, 3.8) is 0 Å². The molecule has 1 atom stereocenters. The van der Waals surface area contributed by atoms with Gasteiger partial charge in [-0.1, -0.05) is 29.8 Å². The van der Waals surface area contributed by atoms with Crippen molar-refractivity contribution in [3.05, 3.63) is 64.5 Å². The molecular formula is C21H23ClN2O3S2.